The Morgan fingerprint density at radius 2 is 2.31 bits per heavy atom. The maximum atomic E-state index is 12.0. The highest BCUT2D eigenvalue weighted by atomic mass is 16.4. The number of carbonyl (C=O) groups excluding carboxylic acids is 1. The first-order valence-corrected chi connectivity index (χ1v) is 5.30. The lowest BCUT2D eigenvalue weighted by molar-refractivity contribution is 0.0706. The number of piperidine rings is 1. The van der Waals surface area contributed by atoms with E-state index in [2.05, 4.69) is 4.42 Å². The molecule has 0 aromatic carbocycles. The second-order valence-corrected chi connectivity index (χ2v) is 4.00. The van der Waals surface area contributed by atoms with Gasteiger partial charge in [-0.3, -0.25) is 4.79 Å². The number of likely N-dealkylation sites (tertiary alicyclic amines) is 1. The molecule has 5 heteroatoms. The normalized spacial score (nSPS) is 20.8. The van der Waals surface area contributed by atoms with Gasteiger partial charge in [0.15, 0.2) is 0 Å². The zero-order valence-corrected chi connectivity index (χ0v) is 8.89. The third-order valence-corrected chi connectivity index (χ3v) is 2.69. The maximum Gasteiger partial charge on any atom is 0.335 e. The van der Waals surface area contributed by atoms with Crippen molar-refractivity contribution in [3.05, 3.63) is 34.4 Å². The molecule has 1 aromatic heterocycles. The first-order chi connectivity index (χ1) is 7.66. The van der Waals surface area contributed by atoms with Crippen molar-refractivity contribution in [1.29, 1.82) is 0 Å². The van der Waals surface area contributed by atoms with Crippen LogP contribution in [0.4, 0.5) is 0 Å². The number of amides is 1. The summed E-state index contributed by atoms with van der Waals surface area (Å²) in [5.74, 6) is -0.126. The van der Waals surface area contributed by atoms with Crippen LogP contribution in [0.2, 0.25) is 0 Å². The SMILES string of the molecule is NC1CCCN(C(=O)c2ccc(=O)oc2)C1. The van der Waals surface area contributed by atoms with Gasteiger partial charge in [0.2, 0.25) is 0 Å². The van der Waals surface area contributed by atoms with E-state index >= 15 is 0 Å². The minimum Gasteiger partial charge on any atom is -0.430 e. The summed E-state index contributed by atoms with van der Waals surface area (Å²) in [6, 6.07) is 2.78. The lowest BCUT2D eigenvalue weighted by atomic mass is 10.1. The Morgan fingerprint density at radius 3 is 2.94 bits per heavy atom. The Kier molecular flexibility index (Phi) is 3.05. The van der Waals surface area contributed by atoms with E-state index in [-0.39, 0.29) is 11.9 Å². The second kappa shape index (κ2) is 4.49. The molecule has 2 N–H and O–H groups in total. The van der Waals surface area contributed by atoms with Gasteiger partial charge >= 0.3 is 5.63 Å². The van der Waals surface area contributed by atoms with Crippen LogP contribution < -0.4 is 11.4 Å². The van der Waals surface area contributed by atoms with Crippen molar-refractivity contribution in [1.82, 2.24) is 4.90 Å². The molecule has 86 valence electrons. The van der Waals surface area contributed by atoms with Crippen molar-refractivity contribution in [2.24, 2.45) is 5.73 Å². The van der Waals surface area contributed by atoms with E-state index < -0.39 is 5.63 Å². The average Bonchev–Trinajstić information content (AvgIpc) is 2.29. The van der Waals surface area contributed by atoms with Crippen molar-refractivity contribution >= 4 is 5.91 Å². The topological polar surface area (TPSA) is 76.5 Å². The van der Waals surface area contributed by atoms with Gasteiger partial charge in [-0.25, -0.2) is 4.79 Å². The summed E-state index contributed by atoms with van der Waals surface area (Å²) in [5, 5.41) is 0. The van der Waals surface area contributed by atoms with Crippen molar-refractivity contribution in [3.63, 3.8) is 0 Å². The number of rotatable bonds is 1. The molecule has 1 atom stereocenters. The molecular formula is C11H14N2O3. The molecule has 0 bridgehead atoms. The first kappa shape index (κ1) is 10.9. The second-order valence-electron chi connectivity index (χ2n) is 4.00. The fourth-order valence-electron chi connectivity index (χ4n) is 1.86. The highest BCUT2D eigenvalue weighted by Crippen LogP contribution is 2.11. The molecule has 0 spiro atoms. The number of hydrogen-bond acceptors (Lipinski definition) is 4. The number of hydrogen-bond donors (Lipinski definition) is 1. The summed E-state index contributed by atoms with van der Waals surface area (Å²) >= 11 is 0. The zero-order chi connectivity index (χ0) is 11.5. The van der Waals surface area contributed by atoms with E-state index in [0.29, 0.717) is 18.7 Å². The van der Waals surface area contributed by atoms with Crippen LogP contribution >= 0.6 is 0 Å². The largest absolute Gasteiger partial charge is 0.430 e. The van der Waals surface area contributed by atoms with E-state index in [1.165, 1.54) is 18.4 Å². The number of nitrogens with zero attached hydrogens (tertiary/aromatic N) is 1. The third kappa shape index (κ3) is 2.30. The van der Waals surface area contributed by atoms with Crippen LogP contribution in [-0.4, -0.2) is 29.9 Å². The minimum absolute atomic E-state index is 0.0495. The van der Waals surface area contributed by atoms with Gasteiger partial charge < -0.3 is 15.1 Å². The van der Waals surface area contributed by atoms with Gasteiger partial charge in [0.25, 0.3) is 5.91 Å². The average molecular weight is 222 g/mol. The molecule has 1 amide bonds. The number of nitrogens with two attached hydrogens (primary N) is 1. The Morgan fingerprint density at radius 1 is 1.50 bits per heavy atom. The summed E-state index contributed by atoms with van der Waals surface area (Å²) in [6.07, 6.45) is 3.07. The van der Waals surface area contributed by atoms with Gasteiger partial charge in [0.1, 0.15) is 6.26 Å². The first-order valence-electron chi connectivity index (χ1n) is 5.30. The third-order valence-electron chi connectivity index (χ3n) is 2.69. The minimum atomic E-state index is -0.452. The molecule has 1 unspecified atom stereocenters. The molecule has 1 aliphatic heterocycles. The molecule has 1 saturated heterocycles. The smallest absolute Gasteiger partial charge is 0.335 e. The van der Waals surface area contributed by atoms with E-state index in [0.717, 1.165) is 12.8 Å². The quantitative estimate of drug-likeness (QED) is 0.736. The summed E-state index contributed by atoms with van der Waals surface area (Å²) in [4.78, 5) is 24.4. The predicted molar refractivity (Wildman–Crippen MR) is 58.1 cm³/mol. The van der Waals surface area contributed by atoms with Crippen LogP contribution in [0.25, 0.3) is 0 Å². The van der Waals surface area contributed by atoms with Crippen LogP contribution in [-0.2, 0) is 0 Å². The monoisotopic (exact) mass is 222 g/mol. The molecule has 0 radical (unpaired) electrons. The van der Waals surface area contributed by atoms with E-state index in [1.54, 1.807) is 4.90 Å². The molecule has 2 heterocycles. The summed E-state index contributed by atoms with van der Waals surface area (Å²) in [6.45, 7) is 1.28. The Bertz CT molecular complexity index is 421. The molecule has 0 aliphatic carbocycles. The summed E-state index contributed by atoms with van der Waals surface area (Å²) < 4.78 is 4.66. The summed E-state index contributed by atoms with van der Waals surface area (Å²) in [7, 11) is 0. The van der Waals surface area contributed by atoms with Gasteiger partial charge in [-0.05, 0) is 18.9 Å². The Labute approximate surface area is 92.8 Å². The van der Waals surface area contributed by atoms with Crippen molar-refractivity contribution in [2.45, 2.75) is 18.9 Å². The summed E-state index contributed by atoms with van der Waals surface area (Å²) in [5.41, 5.74) is 5.74. The van der Waals surface area contributed by atoms with Gasteiger partial charge in [-0.1, -0.05) is 0 Å². The van der Waals surface area contributed by atoms with Crippen LogP contribution in [0.15, 0.2) is 27.6 Å². The van der Waals surface area contributed by atoms with Crippen LogP contribution in [0, 0.1) is 0 Å². The molecular weight excluding hydrogens is 208 g/mol. The Balaban J connectivity index is 2.12. The van der Waals surface area contributed by atoms with Gasteiger partial charge in [-0.15, -0.1) is 0 Å². The molecule has 1 aliphatic rings. The van der Waals surface area contributed by atoms with Crippen molar-refractivity contribution in [2.75, 3.05) is 13.1 Å². The van der Waals surface area contributed by atoms with Gasteiger partial charge in [0.05, 0.1) is 5.56 Å². The fraction of sp³-hybridized carbons (Fsp3) is 0.455. The fourth-order valence-corrected chi connectivity index (χ4v) is 1.86. The van der Waals surface area contributed by atoms with Crippen LogP contribution in [0.1, 0.15) is 23.2 Å². The van der Waals surface area contributed by atoms with Crippen molar-refractivity contribution < 1.29 is 9.21 Å². The lowest BCUT2D eigenvalue weighted by Gasteiger charge is -2.30. The molecule has 2 rings (SSSR count). The molecule has 1 aromatic rings. The molecule has 5 nitrogen and oxygen atoms in total. The highest BCUT2D eigenvalue weighted by molar-refractivity contribution is 5.93. The molecule has 1 fully saturated rings. The Hall–Kier alpha value is -1.62. The van der Waals surface area contributed by atoms with Crippen LogP contribution in [0.3, 0.4) is 0 Å². The lowest BCUT2D eigenvalue weighted by Crippen LogP contribution is -2.45. The van der Waals surface area contributed by atoms with Gasteiger partial charge in [0, 0.05) is 25.2 Å². The maximum absolute atomic E-state index is 12.0. The van der Waals surface area contributed by atoms with Gasteiger partial charge in [-0.2, -0.15) is 0 Å². The van der Waals surface area contributed by atoms with E-state index in [9.17, 15) is 9.59 Å². The molecule has 16 heavy (non-hydrogen) atoms. The predicted octanol–water partition coefficient (Wildman–Crippen LogP) is 0.203. The highest BCUT2D eigenvalue weighted by Gasteiger charge is 2.22. The van der Waals surface area contributed by atoms with Crippen molar-refractivity contribution in [3.8, 4) is 0 Å². The standard InChI is InChI=1S/C11H14N2O3/c12-9-2-1-5-13(6-9)11(15)8-3-4-10(14)16-7-8/h3-4,7,9H,1-2,5-6,12H2. The van der Waals surface area contributed by atoms with Crippen LogP contribution in [0.5, 0.6) is 0 Å². The zero-order valence-electron chi connectivity index (χ0n) is 8.89. The molecule has 0 saturated carbocycles. The van der Waals surface area contributed by atoms with E-state index in [1.807, 2.05) is 0 Å². The number of carbonyl (C=O) groups is 1. The van der Waals surface area contributed by atoms with E-state index in [4.69, 9.17) is 5.73 Å².